The van der Waals surface area contributed by atoms with Gasteiger partial charge < -0.3 is 20.1 Å². The van der Waals surface area contributed by atoms with E-state index in [2.05, 4.69) is 74.0 Å². The molecule has 0 spiro atoms. The Morgan fingerprint density at radius 2 is 2.02 bits per heavy atom. The minimum atomic E-state index is -0.0763. The van der Waals surface area contributed by atoms with Crippen molar-refractivity contribution in [3.8, 4) is 10.7 Å². The molecular weight excluding hydrogens is 556 g/mol. The lowest BCUT2D eigenvalue weighted by Crippen LogP contribution is -2.44. The number of rotatable bonds is 9. The number of nitrogens with one attached hydrogen (secondary N) is 2. The summed E-state index contributed by atoms with van der Waals surface area (Å²) < 4.78 is 3.83. The van der Waals surface area contributed by atoms with Gasteiger partial charge in [0.15, 0.2) is 0 Å². The van der Waals surface area contributed by atoms with Crippen LogP contribution in [0.3, 0.4) is 0 Å². The van der Waals surface area contributed by atoms with Crippen LogP contribution in [0.25, 0.3) is 27.3 Å². The van der Waals surface area contributed by atoms with Gasteiger partial charge in [-0.05, 0) is 80.1 Å². The standard InChI is InChI=1S/C33H36N8OS/c1-21(22-6-7-22)28-17-24-18-36-33(37-25-8-10-26(11-9-25)40(3)27-5-4-13-34-19-27)38-30(24)41(32(28)42)20-23-12-15-39(2)29(23)31-35-14-16-43-31/h8-12,14-18,22,27,34H,1,4-7,13,19-20H2,2-3H3,(H,36,37,38). The van der Waals surface area contributed by atoms with E-state index in [1.165, 1.54) is 18.5 Å². The van der Waals surface area contributed by atoms with Crippen molar-refractivity contribution in [3.63, 3.8) is 0 Å². The van der Waals surface area contributed by atoms with Gasteiger partial charge in [0.1, 0.15) is 10.7 Å². The molecule has 1 saturated carbocycles. The Bertz CT molecular complexity index is 1830. The van der Waals surface area contributed by atoms with Crippen molar-refractivity contribution in [1.29, 1.82) is 0 Å². The van der Waals surface area contributed by atoms with Gasteiger partial charge in [-0.15, -0.1) is 11.3 Å². The summed E-state index contributed by atoms with van der Waals surface area (Å²) in [6.45, 7) is 6.77. The molecule has 43 heavy (non-hydrogen) atoms. The minimum Gasteiger partial charge on any atom is -0.370 e. The fourth-order valence-corrected chi connectivity index (χ4v) is 6.80. The fourth-order valence-electron chi connectivity index (χ4n) is 6.04. The number of benzene rings is 1. The van der Waals surface area contributed by atoms with Gasteiger partial charge in [0.25, 0.3) is 5.56 Å². The average Bonchev–Trinajstić information content (AvgIpc) is 3.63. The van der Waals surface area contributed by atoms with E-state index in [0.29, 0.717) is 35.7 Å². The molecule has 1 aromatic carbocycles. The molecule has 10 heteroatoms. The molecule has 5 aromatic rings. The molecule has 2 N–H and O–H groups in total. The van der Waals surface area contributed by atoms with Gasteiger partial charge in [0.05, 0.1) is 12.2 Å². The number of hydrogen-bond acceptors (Lipinski definition) is 8. The summed E-state index contributed by atoms with van der Waals surface area (Å²) in [5, 5.41) is 10.6. The molecular formula is C33H36N8OS. The number of anilines is 3. The lowest BCUT2D eigenvalue weighted by Gasteiger charge is -2.33. The zero-order valence-electron chi connectivity index (χ0n) is 24.6. The second-order valence-electron chi connectivity index (χ2n) is 11.6. The molecule has 2 fully saturated rings. The van der Waals surface area contributed by atoms with Crippen LogP contribution < -0.4 is 21.1 Å². The maximum atomic E-state index is 14.1. The Labute approximate surface area is 254 Å². The second kappa shape index (κ2) is 11.4. The van der Waals surface area contributed by atoms with Gasteiger partial charge in [-0.2, -0.15) is 4.98 Å². The summed E-state index contributed by atoms with van der Waals surface area (Å²) in [4.78, 5) is 30.5. The van der Waals surface area contributed by atoms with E-state index in [-0.39, 0.29) is 5.56 Å². The molecule has 220 valence electrons. The molecule has 1 aliphatic heterocycles. The molecule has 1 aliphatic carbocycles. The Morgan fingerprint density at radius 1 is 1.19 bits per heavy atom. The van der Waals surface area contributed by atoms with E-state index >= 15 is 0 Å². The summed E-state index contributed by atoms with van der Waals surface area (Å²) in [7, 11) is 4.16. The summed E-state index contributed by atoms with van der Waals surface area (Å²) >= 11 is 1.59. The topological polar surface area (TPSA) is 92.9 Å². The highest BCUT2D eigenvalue weighted by Crippen LogP contribution is 2.40. The van der Waals surface area contributed by atoms with Crippen LogP contribution in [0.15, 0.2) is 71.7 Å². The number of pyridine rings is 1. The molecule has 5 heterocycles. The Hall–Kier alpha value is -4.28. The number of likely N-dealkylation sites (N-methyl/N-ethyl adjacent to an activating group) is 1. The number of aryl methyl sites for hydroxylation is 1. The molecule has 0 radical (unpaired) electrons. The van der Waals surface area contributed by atoms with Crippen molar-refractivity contribution in [2.45, 2.75) is 38.3 Å². The fraction of sp³-hybridized carbons (Fsp3) is 0.333. The van der Waals surface area contributed by atoms with Gasteiger partial charge in [0, 0.05) is 78.5 Å². The number of hydrogen-bond donors (Lipinski definition) is 2. The summed E-state index contributed by atoms with van der Waals surface area (Å²) in [6, 6.07) is 12.8. The molecule has 0 amide bonds. The highest BCUT2D eigenvalue weighted by atomic mass is 32.1. The summed E-state index contributed by atoms with van der Waals surface area (Å²) in [5.41, 5.74) is 6.15. The average molecular weight is 593 g/mol. The number of aromatic nitrogens is 5. The van der Waals surface area contributed by atoms with Crippen LogP contribution in [0, 0.1) is 5.92 Å². The van der Waals surface area contributed by atoms with Crippen LogP contribution in [0.5, 0.6) is 0 Å². The lowest BCUT2D eigenvalue weighted by molar-refractivity contribution is 0.445. The van der Waals surface area contributed by atoms with Crippen LogP contribution in [0.1, 0.15) is 36.8 Å². The smallest absolute Gasteiger partial charge is 0.260 e. The van der Waals surface area contributed by atoms with Crippen molar-refractivity contribution in [1.82, 2.24) is 29.4 Å². The first-order chi connectivity index (χ1) is 21.0. The molecule has 7 rings (SSSR count). The highest BCUT2D eigenvalue weighted by molar-refractivity contribution is 7.13. The summed E-state index contributed by atoms with van der Waals surface area (Å²) in [5.74, 6) is 0.819. The molecule has 9 nitrogen and oxygen atoms in total. The van der Waals surface area contributed by atoms with Gasteiger partial charge >= 0.3 is 0 Å². The molecule has 1 atom stereocenters. The van der Waals surface area contributed by atoms with E-state index < -0.39 is 0 Å². The van der Waals surface area contributed by atoms with Crippen LogP contribution in [-0.4, -0.2) is 50.3 Å². The van der Waals surface area contributed by atoms with E-state index in [4.69, 9.17) is 4.98 Å². The van der Waals surface area contributed by atoms with E-state index in [0.717, 1.165) is 58.8 Å². The predicted molar refractivity (Wildman–Crippen MR) is 175 cm³/mol. The van der Waals surface area contributed by atoms with E-state index in [9.17, 15) is 4.79 Å². The van der Waals surface area contributed by atoms with Crippen molar-refractivity contribution < 1.29 is 0 Å². The maximum Gasteiger partial charge on any atom is 0.260 e. The van der Waals surface area contributed by atoms with E-state index in [1.54, 1.807) is 22.1 Å². The summed E-state index contributed by atoms with van der Waals surface area (Å²) in [6.07, 6.45) is 10.2. The number of thiazole rings is 1. The molecule has 1 unspecified atom stereocenters. The van der Waals surface area contributed by atoms with Crippen molar-refractivity contribution in [2.75, 3.05) is 30.4 Å². The monoisotopic (exact) mass is 592 g/mol. The Morgan fingerprint density at radius 3 is 2.74 bits per heavy atom. The van der Waals surface area contributed by atoms with Gasteiger partial charge in [-0.3, -0.25) is 9.36 Å². The third kappa shape index (κ3) is 5.48. The van der Waals surface area contributed by atoms with Gasteiger partial charge in [-0.25, -0.2) is 9.97 Å². The highest BCUT2D eigenvalue weighted by Gasteiger charge is 2.28. The predicted octanol–water partition coefficient (Wildman–Crippen LogP) is 5.66. The van der Waals surface area contributed by atoms with Crippen molar-refractivity contribution in [2.24, 2.45) is 13.0 Å². The van der Waals surface area contributed by atoms with Crippen molar-refractivity contribution in [3.05, 3.63) is 88.4 Å². The van der Waals surface area contributed by atoms with E-state index in [1.807, 2.05) is 30.9 Å². The van der Waals surface area contributed by atoms with Crippen LogP contribution in [-0.2, 0) is 13.6 Å². The van der Waals surface area contributed by atoms with Crippen molar-refractivity contribution >= 4 is 45.3 Å². The minimum absolute atomic E-state index is 0.0763. The zero-order chi connectivity index (χ0) is 29.5. The third-order valence-corrected chi connectivity index (χ3v) is 9.49. The number of fused-ring (bicyclic) bond motifs is 1. The third-order valence-electron chi connectivity index (χ3n) is 8.71. The molecule has 0 bridgehead atoms. The van der Waals surface area contributed by atoms with Gasteiger partial charge in [0.2, 0.25) is 5.95 Å². The first kappa shape index (κ1) is 27.5. The number of piperidine rings is 1. The zero-order valence-corrected chi connectivity index (χ0v) is 25.4. The van der Waals surface area contributed by atoms with Gasteiger partial charge in [-0.1, -0.05) is 6.58 Å². The quantitative estimate of drug-likeness (QED) is 0.228. The maximum absolute atomic E-state index is 14.1. The molecule has 1 saturated heterocycles. The largest absolute Gasteiger partial charge is 0.370 e. The molecule has 2 aliphatic rings. The first-order valence-electron chi connectivity index (χ1n) is 14.9. The van der Waals surface area contributed by atoms with Crippen LogP contribution in [0.2, 0.25) is 0 Å². The lowest BCUT2D eigenvalue weighted by atomic mass is 10.0. The normalized spacial score (nSPS) is 16.8. The number of nitrogens with zero attached hydrogens (tertiary/aromatic N) is 6. The molecule has 4 aromatic heterocycles. The Balaban J connectivity index is 1.23. The number of allylic oxidation sites excluding steroid dienone is 1. The Kier molecular flexibility index (Phi) is 7.32. The SMILES string of the molecule is C=C(c1cc2cnc(Nc3ccc(N(C)C4CCCNC4)cc3)nc2n(Cc2ccn(C)c2-c2nccs2)c1=O)C1CC1. The van der Waals surface area contributed by atoms with Crippen LogP contribution >= 0.6 is 11.3 Å². The second-order valence-corrected chi connectivity index (χ2v) is 12.5. The van der Waals surface area contributed by atoms with Crippen LogP contribution in [0.4, 0.5) is 17.3 Å². The first-order valence-corrected chi connectivity index (χ1v) is 15.8.